The quantitative estimate of drug-likeness (QED) is 0.396. The van der Waals surface area contributed by atoms with Crippen LogP contribution in [-0.4, -0.2) is 27.4 Å². The van der Waals surface area contributed by atoms with Crippen LogP contribution in [0, 0.1) is 0 Å². The molecular weight excluding hydrogens is 296 g/mol. The highest BCUT2D eigenvalue weighted by molar-refractivity contribution is 6.30. The van der Waals surface area contributed by atoms with Crippen molar-refractivity contribution in [2.24, 2.45) is 5.10 Å². The Bertz CT molecular complexity index is 676. The predicted molar refractivity (Wildman–Crippen MR) is 77.9 cm³/mol. The first-order chi connectivity index (χ1) is 9.97. The lowest BCUT2D eigenvalue weighted by Crippen LogP contribution is -2.17. The first kappa shape index (κ1) is 14.7. The molecule has 0 aliphatic rings. The van der Waals surface area contributed by atoms with Crippen molar-refractivity contribution in [1.82, 2.24) is 5.43 Å². The fourth-order valence-corrected chi connectivity index (χ4v) is 1.64. The molecule has 0 unspecified atom stereocenters. The molecule has 0 aliphatic heterocycles. The molecule has 0 heterocycles. The molecule has 0 atom stereocenters. The first-order valence-corrected chi connectivity index (χ1v) is 6.19. The summed E-state index contributed by atoms with van der Waals surface area (Å²) in [7, 11) is 0. The summed E-state index contributed by atoms with van der Waals surface area (Å²) < 4.78 is 0. The summed E-state index contributed by atoms with van der Waals surface area (Å²) >= 11 is 5.74. The second-order valence-corrected chi connectivity index (χ2v) is 4.55. The number of nitrogens with zero attached hydrogens (tertiary/aromatic N) is 1. The lowest BCUT2D eigenvalue weighted by atomic mass is 10.2. The van der Waals surface area contributed by atoms with Crippen LogP contribution in [0.3, 0.4) is 0 Å². The number of hydrogen-bond donors (Lipinski definition) is 4. The highest BCUT2D eigenvalue weighted by atomic mass is 35.5. The third-order valence-electron chi connectivity index (χ3n) is 2.58. The number of carbonyl (C=O) groups excluding carboxylic acids is 1. The highest BCUT2D eigenvalue weighted by Crippen LogP contribution is 2.35. The van der Waals surface area contributed by atoms with E-state index in [-0.39, 0.29) is 5.56 Å². The maximum absolute atomic E-state index is 11.8. The Hall–Kier alpha value is -2.73. The summed E-state index contributed by atoms with van der Waals surface area (Å²) in [6.07, 6.45) is 1.41. The van der Waals surface area contributed by atoms with Crippen molar-refractivity contribution in [1.29, 1.82) is 0 Å². The fraction of sp³-hybridized carbons (Fsp3) is 0. The third-order valence-corrected chi connectivity index (χ3v) is 2.83. The molecule has 0 bridgehead atoms. The van der Waals surface area contributed by atoms with Crippen LogP contribution in [0.4, 0.5) is 0 Å². The van der Waals surface area contributed by atoms with Gasteiger partial charge in [0, 0.05) is 10.6 Å². The van der Waals surface area contributed by atoms with Crippen LogP contribution in [0.15, 0.2) is 41.5 Å². The van der Waals surface area contributed by atoms with Crippen molar-refractivity contribution < 1.29 is 20.1 Å². The molecule has 0 saturated heterocycles. The van der Waals surface area contributed by atoms with Gasteiger partial charge in [0.2, 0.25) is 0 Å². The van der Waals surface area contributed by atoms with Crippen LogP contribution < -0.4 is 5.43 Å². The molecule has 0 spiro atoms. The van der Waals surface area contributed by atoms with Gasteiger partial charge in [-0.2, -0.15) is 5.10 Å². The second-order valence-electron chi connectivity index (χ2n) is 4.11. The number of hydrazone groups is 1. The molecular formula is C14H11ClN2O4. The van der Waals surface area contributed by atoms with Gasteiger partial charge in [0.15, 0.2) is 17.2 Å². The summed E-state index contributed by atoms with van der Waals surface area (Å²) in [4.78, 5) is 11.8. The Morgan fingerprint density at radius 1 is 1.10 bits per heavy atom. The number of rotatable bonds is 3. The van der Waals surface area contributed by atoms with Gasteiger partial charge in [-0.3, -0.25) is 4.79 Å². The molecule has 0 fully saturated rings. The van der Waals surface area contributed by atoms with Crippen molar-refractivity contribution in [2.75, 3.05) is 0 Å². The second kappa shape index (κ2) is 6.15. The van der Waals surface area contributed by atoms with Gasteiger partial charge in [0.05, 0.1) is 6.21 Å². The van der Waals surface area contributed by atoms with E-state index in [4.69, 9.17) is 11.6 Å². The van der Waals surface area contributed by atoms with Gasteiger partial charge in [0.25, 0.3) is 5.91 Å². The Morgan fingerprint density at radius 2 is 1.67 bits per heavy atom. The van der Waals surface area contributed by atoms with E-state index < -0.39 is 23.2 Å². The number of phenols is 3. The molecule has 2 aromatic carbocycles. The van der Waals surface area contributed by atoms with E-state index in [1.54, 1.807) is 24.3 Å². The Morgan fingerprint density at radius 3 is 2.24 bits per heavy atom. The van der Waals surface area contributed by atoms with Crippen molar-refractivity contribution in [3.05, 3.63) is 52.5 Å². The van der Waals surface area contributed by atoms with Crippen LogP contribution in [0.25, 0.3) is 0 Å². The smallest absolute Gasteiger partial charge is 0.271 e. The van der Waals surface area contributed by atoms with Crippen molar-refractivity contribution >= 4 is 23.7 Å². The molecule has 108 valence electrons. The molecule has 0 radical (unpaired) electrons. The van der Waals surface area contributed by atoms with Crippen molar-refractivity contribution in [2.45, 2.75) is 0 Å². The van der Waals surface area contributed by atoms with E-state index in [2.05, 4.69) is 10.5 Å². The monoisotopic (exact) mass is 306 g/mol. The minimum absolute atomic E-state index is 0.0453. The molecule has 7 heteroatoms. The minimum atomic E-state index is -0.684. The molecule has 0 aromatic heterocycles. The van der Waals surface area contributed by atoms with Gasteiger partial charge in [0.1, 0.15) is 0 Å². The number of amides is 1. The summed E-state index contributed by atoms with van der Waals surface area (Å²) in [6, 6.07) is 8.83. The zero-order valence-corrected chi connectivity index (χ0v) is 11.4. The van der Waals surface area contributed by atoms with Crippen molar-refractivity contribution in [3.63, 3.8) is 0 Å². The van der Waals surface area contributed by atoms with E-state index in [0.29, 0.717) is 5.02 Å². The summed E-state index contributed by atoms with van der Waals surface area (Å²) in [6.45, 7) is 0. The van der Waals surface area contributed by atoms with Gasteiger partial charge >= 0.3 is 0 Å². The number of carbonyl (C=O) groups is 1. The van der Waals surface area contributed by atoms with Gasteiger partial charge in [-0.05, 0) is 29.8 Å². The van der Waals surface area contributed by atoms with Gasteiger partial charge < -0.3 is 15.3 Å². The standard InChI is InChI=1S/C14H11ClN2O4/c15-10-3-1-8(2-4-10)7-16-17-14(21)9-5-11(18)13(20)12(19)6-9/h1-7,18-20H,(H,17,21). The van der Waals surface area contributed by atoms with E-state index >= 15 is 0 Å². The molecule has 2 rings (SSSR count). The van der Waals surface area contributed by atoms with E-state index in [1.807, 2.05) is 0 Å². The molecule has 1 amide bonds. The number of nitrogens with one attached hydrogen (secondary N) is 1. The Balaban J connectivity index is 2.06. The summed E-state index contributed by atoms with van der Waals surface area (Å²) in [5.41, 5.74) is 2.92. The molecule has 21 heavy (non-hydrogen) atoms. The molecule has 2 aromatic rings. The highest BCUT2D eigenvalue weighted by Gasteiger charge is 2.12. The SMILES string of the molecule is O=C(NN=Cc1ccc(Cl)cc1)c1cc(O)c(O)c(O)c1. The number of benzene rings is 2. The zero-order chi connectivity index (χ0) is 15.4. The Kier molecular flexibility index (Phi) is 4.30. The van der Waals surface area contributed by atoms with E-state index in [9.17, 15) is 20.1 Å². The van der Waals surface area contributed by atoms with Crippen LogP contribution >= 0.6 is 11.6 Å². The van der Waals surface area contributed by atoms with Crippen LogP contribution in [0.5, 0.6) is 17.2 Å². The first-order valence-electron chi connectivity index (χ1n) is 5.81. The number of hydrogen-bond acceptors (Lipinski definition) is 5. The summed E-state index contributed by atoms with van der Waals surface area (Å²) in [5, 5.41) is 32.1. The third kappa shape index (κ3) is 3.64. The van der Waals surface area contributed by atoms with E-state index in [1.165, 1.54) is 6.21 Å². The van der Waals surface area contributed by atoms with Crippen LogP contribution in [-0.2, 0) is 0 Å². The number of phenolic OH excluding ortho intramolecular Hbond substituents is 3. The van der Waals surface area contributed by atoms with Gasteiger partial charge in [-0.15, -0.1) is 0 Å². The fourth-order valence-electron chi connectivity index (χ4n) is 1.51. The average molecular weight is 307 g/mol. The molecule has 0 saturated carbocycles. The predicted octanol–water partition coefficient (Wildman–Crippen LogP) is 2.22. The number of halogens is 1. The molecule has 4 N–H and O–H groups in total. The van der Waals surface area contributed by atoms with Gasteiger partial charge in [-0.1, -0.05) is 23.7 Å². The molecule has 6 nitrogen and oxygen atoms in total. The average Bonchev–Trinajstić information content (AvgIpc) is 2.46. The van der Waals surface area contributed by atoms with Crippen molar-refractivity contribution in [3.8, 4) is 17.2 Å². The van der Waals surface area contributed by atoms with Crippen LogP contribution in [0.1, 0.15) is 15.9 Å². The molecule has 0 aliphatic carbocycles. The normalized spacial score (nSPS) is 10.7. The summed E-state index contributed by atoms with van der Waals surface area (Å²) in [5.74, 6) is -2.52. The van der Waals surface area contributed by atoms with Crippen LogP contribution in [0.2, 0.25) is 5.02 Å². The van der Waals surface area contributed by atoms with E-state index in [0.717, 1.165) is 17.7 Å². The lowest BCUT2D eigenvalue weighted by molar-refractivity contribution is 0.0954. The topological polar surface area (TPSA) is 102 Å². The van der Waals surface area contributed by atoms with Gasteiger partial charge in [-0.25, -0.2) is 5.43 Å². The maximum atomic E-state index is 11.8. The lowest BCUT2D eigenvalue weighted by Gasteiger charge is -2.04. The minimum Gasteiger partial charge on any atom is -0.504 e. The largest absolute Gasteiger partial charge is 0.504 e. The zero-order valence-electron chi connectivity index (χ0n) is 10.6. The number of aromatic hydroxyl groups is 3. The maximum Gasteiger partial charge on any atom is 0.271 e. The Labute approximate surface area is 124 Å².